The predicted molar refractivity (Wildman–Crippen MR) is 98.4 cm³/mol. The fourth-order valence-corrected chi connectivity index (χ4v) is 2.72. The number of carbonyl (C=O) groups is 3. The van der Waals surface area contributed by atoms with Gasteiger partial charge in [-0.1, -0.05) is 0 Å². The summed E-state index contributed by atoms with van der Waals surface area (Å²) in [4.78, 5) is 39.9. The molecule has 7 heteroatoms. The molecule has 7 nitrogen and oxygen atoms in total. The highest BCUT2D eigenvalue weighted by Gasteiger charge is 2.27. The molecule has 0 unspecified atom stereocenters. The molecule has 0 radical (unpaired) electrons. The van der Waals surface area contributed by atoms with Crippen LogP contribution in [-0.2, 0) is 9.47 Å². The van der Waals surface area contributed by atoms with E-state index in [9.17, 15) is 14.4 Å². The van der Waals surface area contributed by atoms with Crippen LogP contribution in [0.4, 0.5) is 0 Å². The summed E-state index contributed by atoms with van der Waals surface area (Å²) >= 11 is 0. The van der Waals surface area contributed by atoms with Crippen LogP contribution in [-0.4, -0.2) is 42.5 Å². The maximum atomic E-state index is 12.7. The second kappa shape index (κ2) is 8.53. The van der Waals surface area contributed by atoms with Crippen LogP contribution in [0, 0.1) is 13.8 Å². The largest absolute Gasteiger partial charge is 0.497 e. The summed E-state index contributed by atoms with van der Waals surface area (Å²) < 4.78 is 15.3. The number of carbonyl (C=O) groups excluding carboxylic acids is 3. The van der Waals surface area contributed by atoms with Crippen LogP contribution in [0.25, 0.3) is 0 Å². The van der Waals surface area contributed by atoms with Gasteiger partial charge in [-0.25, -0.2) is 9.59 Å². The number of aromatic amines is 1. The SMILES string of the molecule is CCOC(=O)c1c(C)[nH]c(C(=O)[C@@H](C)OC(=O)c2ccc(OC)cc2)c1C. The lowest BCUT2D eigenvalue weighted by Crippen LogP contribution is -2.25. The molecule has 0 saturated heterocycles. The van der Waals surface area contributed by atoms with Crippen LogP contribution >= 0.6 is 0 Å². The van der Waals surface area contributed by atoms with Crippen molar-refractivity contribution in [3.63, 3.8) is 0 Å². The molecule has 0 aliphatic heterocycles. The van der Waals surface area contributed by atoms with Gasteiger partial charge >= 0.3 is 11.9 Å². The van der Waals surface area contributed by atoms with E-state index < -0.39 is 23.8 Å². The third-order valence-electron chi connectivity index (χ3n) is 4.14. The van der Waals surface area contributed by atoms with E-state index in [1.165, 1.54) is 14.0 Å². The summed E-state index contributed by atoms with van der Waals surface area (Å²) in [6, 6.07) is 6.38. The molecule has 144 valence electrons. The molecular formula is C20H23NO6. The Morgan fingerprint density at radius 3 is 2.26 bits per heavy atom. The third kappa shape index (κ3) is 4.36. The maximum Gasteiger partial charge on any atom is 0.340 e. The van der Waals surface area contributed by atoms with Gasteiger partial charge in [0.2, 0.25) is 5.78 Å². The summed E-state index contributed by atoms with van der Waals surface area (Å²) in [5, 5.41) is 0. The van der Waals surface area contributed by atoms with Gasteiger partial charge in [0, 0.05) is 5.69 Å². The molecule has 1 N–H and O–H groups in total. The van der Waals surface area contributed by atoms with Crippen molar-refractivity contribution >= 4 is 17.7 Å². The molecule has 1 aromatic heterocycles. The van der Waals surface area contributed by atoms with Crippen molar-refractivity contribution in [2.45, 2.75) is 33.8 Å². The Bertz CT molecular complexity index is 850. The van der Waals surface area contributed by atoms with Gasteiger partial charge in [0.15, 0.2) is 6.10 Å². The molecule has 1 atom stereocenters. The number of ether oxygens (including phenoxy) is 3. The zero-order valence-corrected chi connectivity index (χ0v) is 16.0. The van der Waals surface area contributed by atoms with Gasteiger partial charge in [-0.05, 0) is 57.5 Å². The number of ketones is 1. The lowest BCUT2D eigenvalue weighted by Gasteiger charge is -2.12. The number of aryl methyl sites for hydroxylation is 1. The number of methoxy groups -OCH3 is 1. The molecule has 2 rings (SSSR count). The van der Waals surface area contributed by atoms with Crippen molar-refractivity contribution in [2.75, 3.05) is 13.7 Å². The van der Waals surface area contributed by atoms with Crippen molar-refractivity contribution in [2.24, 2.45) is 0 Å². The van der Waals surface area contributed by atoms with E-state index in [1.807, 2.05) is 0 Å². The number of benzene rings is 1. The number of esters is 2. The van der Waals surface area contributed by atoms with Gasteiger partial charge in [-0.2, -0.15) is 0 Å². The molecule has 0 bridgehead atoms. The number of rotatable bonds is 7. The second-order valence-corrected chi connectivity index (χ2v) is 5.99. The maximum absolute atomic E-state index is 12.7. The molecule has 0 aliphatic carbocycles. The van der Waals surface area contributed by atoms with Crippen LogP contribution in [0.3, 0.4) is 0 Å². The predicted octanol–water partition coefficient (Wildman–Crippen LogP) is 3.25. The average molecular weight is 373 g/mol. The Kier molecular flexibility index (Phi) is 6.39. The molecular weight excluding hydrogens is 350 g/mol. The standard InChI is InChI=1S/C20H23NO6/c1-6-26-20(24)16-11(2)17(21-12(16)3)18(22)13(4)27-19(23)14-7-9-15(25-5)10-8-14/h7-10,13,21H,6H2,1-5H3/t13-/m1/s1. The van der Waals surface area contributed by atoms with Crippen LogP contribution < -0.4 is 4.74 Å². The summed E-state index contributed by atoms with van der Waals surface area (Å²) in [6.07, 6.45) is -1.02. The first kappa shape index (κ1) is 20.2. The van der Waals surface area contributed by atoms with Gasteiger partial charge in [-0.15, -0.1) is 0 Å². The second-order valence-electron chi connectivity index (χ2n) is 5.99. The van der Waals surface area contributed by atoms with Gasteiger partial charge in [0.25, 0.3) is 0 Å². The summed E-state index contributed by atoms with van der Waals surface area (Å²) in [5.74, 6) is -0.927. The molecule has 0 amide bonds. The topological polar surface area (TPSA) is 94.7 Å². The Labute approximate surface area is 157 Å². The lowest BCUT2D eigenvalue weighted by molar-refractivity contribution is 0.0316. The van der Waals surface area contributed by atoms with Crippen LogP contribution in [0.15, 0.2) is 24.3 Å². The smallest absolute Gasteiger partial charge is 0.340 e. The molecule has 1 heterocycles. The molecule has 27 heavy (non-hydrogen) atoms. The van der Waals surface area contributed by atoms with Crippen LogP contribution in [0.5, 0.6) is 5.75 Å². The van der Waals surface area contributed by atoms with Crippen molar-refractivity contribution < 1.29 is 28.6 Å². The average Bonchev–Trinajstić information content (AvgIpc) is 2.95. The highest BCUT2D eigenvalue weighted by atomic mass is 16.5. The number of hydrogen-bond acceptors (Lipinski definition) is 6. The normalized spacial score (nSPS) is 11.6. The summed E-state index contributed by atoms with van der Waals surface area (Å²) in [6.45, 7) is 6.78. The number of Topliss-reactive ketones (excluding diaryl/α,β-unsaturated/α-hetero) is 1. The molecule has 0 aliphatic rings. The number of H-pyrrole nitrogens is 1. The minimum atomic E-state index is -1.02. The fourth-order valence-electron chi connectivity index (χ4n) is 2.72. The first-order valence-electron chi connectivity index (χ1n) is 8.55. The third-order valence-corrected chi connectivity index (χ3v) is 4.14. The van der Waals surface area contributed by atoms with Gasteiger partial charge in [0.05, 0.1) is 30.5 Å². The highest BCUT2D eigenvalue weighted by Crippen LogP contribution is 2.21. The fraction of sp³-hybridized carbons (Fsp3) is 0.350. The minimum absolute atomic E-state index is 0.227. The van der Waals surface area contributed by atoms with Crippen molar-refractivity contribution in [3.8, 4) is 5.75 Å². The van der Waals surface area contributed by atoms with Crippen molar-refractivity contribution in [1.29, 1.82) is 0 Å². The van der Waals surface area contributed by atoms with E-state index in [0.29, 0.717) is 28.1 Å². The number of nitrogens with one attached hydrogen (secondary N) is 1. The molecule has 0 fully saturated rings. The monoisotopic (exact) mass is 373 g/mol. The number of hydrogen-bond donors (Lipinski definition) is 1. The van der Waals surface area contributed by atoms with E-state index in [1.54, 1.807) is 45.0 Å². The van der Waals surface area contributed by atoms with E-state index in [4.69, 9.17) is 14.2 Å². The number of aromatic nitrogens is 1. The molecule has 2 aromatic rings. The van der Waals surface area contributed by atoms with E-state index in [2.05, 4.69) is 4.98 Å². The summed E-state index contributed by atoms with van der Waals surface area (Å²) in [5.41, 5.74) is 1.87. The van der Waals surface area contributed by atoms with E-state index >= 15 is 0 Å². The molecule has 0 saturated carbocycles. The van der Waals surface area contributed by atoms with Crippen LogP contribution in [0.2, 0.25) is 0 Å². The van der Waals surface area contributed by atoms with E-state index in [-0.39, 0.29) is 12.3 Å². The lowest BCUT2D eigenvalue weighted by atomic mass is 10.1. The molecule has 0 spiro atoms. The Morgan fingerprint density at radius 1 is 1.07 bits per heavy atom. The minimum Gasteiger partial charge on any atom is -0.497 e. The summed E-state index contributed by atoms with van der Waals surface area (Å²) in [7, 11) is 1.53. The molecule has 1 aromatic carbocycles. The quantitative estimate of drug-likeness (QED) is 0.591. The zero-order chi connectivity index (χ0) is 20.1. The van der Waals surface area contributed by atoms with Crippen LogP contribution in [0.1, 0.15) is 56.3 Å². The first-order chi connectivity index (χ1) is 12.8. The first-order valence-corrected chi connectivity index (χ1v) is 8.55. The van der Waals surface area contributed by atoms with Gasteiger partial charge in [-0.3, -0.25) is 4.79 Å². The highest BCUT2D eigenvalue weighted by molar-refractivity contribution is 6.04. The Morgan fingerprint density at radius 2 is 1.70 bits per heavy atom. The van der Waals surface area contributed by atoms with Gasteiger partial charge < -0.3 is 19.2 Å². The van der Waals surface area contributed by atoms with E-state index in [0.717, 1.165) is 0 Å². The van der Waals surface area contributed by atoms with Crippen molar-refractivity contribution in [1.82, 2.24) is 4.98 Å². The van der Waals surface area contributed by atoms with Crippen molar-refractivity contribution in [3.05, 3.63) is 52.3 Å². The Balaban J connectivity index is 2.16. The Hall–Kier alpha value is -3.09. The zero-order valence-electron chi connectivity index (χ0n) is 16.0. The van der Waals surface area contributed by atoms with Gasteiger partial charge in [0.1, 0.15) is 5.75 Å².